The Morgan fingerprint density at radius 3 is 2.38 bits per heavy atom. The normalized spacial score (nSPS) is 24.2. The average Bonchev–Trinajstić information content (AvgIpc) is 3.31. The van der Waals surface area contributed by atoms with Gasteiger partial charge in [0, 0.05) is 6.04 Å². The van der Waals surface area contributed by atoms with Gasteiger partial charge in [-0.25, -0.2) is 0 Å². The number of hydrogen-bond acceptors (Lipinski definition) is 4. The number of aliphatic carboxylic acids is 1. The van der Waals surface area contributed by atoms with Crippen molar-refractivity contribution >= 4 is 11.9 Å². The van der Waals surface area contributed by atoms with Crippen LogP contribution >= 0.6 is 0 Å². The van der Waals surface area contributed by atoms with Crippen LogP contribution in [-0.2, 0) is 15.0 Å². The van der Waals surface area contributed by atoms with Gasteiger partial charge in [0.15, 0.2) is 11.5 Å². The molecule has 0 bridgehead atoms. The van der Waals surface area contributed by atoms with E-state index < -0.39 is 11.4 Å². The summed E-state index contributed by atoms with van der Waals surface area (Å²) in [7, 11) is 3.18. The molecule has 0 saturated heterocycles. The van der Waals surface area contributed by atoms with Gasteiger partial charge in [-0.3, -0.25) is 9.59 Å². The molecule has 2 atom stereocenters. The summed E-state index contributed by atoms with van der Waals surface area (Å²) in [5.41, 5.74) is 0.374. The fourth-order valence-electron chi connectivity index (χ4n) is 4.42. The second-order valence-corrected chi connectivity index (χ2v) is 7.38. The van der Waals surface area contributed by atoms with E-state index in [9.17, 15) is 14.7 Å². The van der Waals surface area contributed by atoms with E-state index in [0.717, 1.165) is 37.7 Å². The number of benzene rings is 1. The molecule has 1 amide bonds. The molecule has 1 aromatic rings. The molecule has 0 spiro atoms. The molecule has 2 fully saturated rings. The Hall–Kier alpha value is -2.24. The third-order valence-corrected chi connectivity index (χ3v) is 5.94. The van der Waals surface area contributed by atoms with Gasteiger partial charge in [0.25, 0.3) is 0 Å². The number of ether oxygens (including phenoxy) is 2. The van der Waals surface area contributed by atoms with Crippen LogP contribution in [0, 0.1) is 5.92 Å². The van der Waals surface area contributed by atoms with Gasteiger partial charge in [-0.15, -0.1) is 0 Å². The minimum atomic E-state index is -0.766. The maximum absolute atomic E-state index is 13.2. The predicted octanol–water partition coefficient (Wildman–Crippen LogP) is 2.89. The molecule has 2 N–H and O–H groups in total. The highest BCUT2D eigenvalue weighted by Crippen LogP contribution is 2.44. The smallest absolute Gasteiger partial charge is 0.306 e. The number of amides is 1. The molecular formula is C20H27NO5. The molecule has 2 saturated carbocycles. The predicted molar refractivity (Wildman–Crippen MR) is 96.6 cm³/mol. The molecular weight excluding hydrogens is 334 g/mol. The van der Waals surface area contributed by atoms with Crippen molar-refractivity contribution in [1.29, 1.82) is 0 Å². The van der Waals surface area contributed by atoms with Gasteiger partial charge in [0.2, 0.25) is 5.91 Å². The van der Waals surface area contributed by atoms with Gasteiger partial charge < -0.3 is 19.9 Å². The lowest BCUT2D eigenvalue weighted by molar-refractivity contribution is -0.141. The van der Waals surface area contributed by atoms with Crippen molar-refractivity contribution in [3.8, 4) is 11.5 Å². The fourth-order valence-corrected chi connectivity index (χ4v) is 4.42. The Morgan fingerprint density at radius 2 is 1.81 bits per heavy atom. The molecule has 26 heavy (non-hydrogen) atoms. The number of rotatable bonds is 6. The zero-order valence-corrected chi connectivity index (χ0v) is 15.4. The molecule has 2 aliphatic carbocycles. The number of methoxy groups -OCH3 is 2. The van der Waals surface area contributed by atoms with Gasteiger partial charge in [-0.05, 0) is 49.8 Å². The van der Waals surface area contributed by atoms with Crippen LogP contribution in [0.25, 0.3) is 0 Å². The number of carbonyl (C=O) groups excluding carboxylic acids is 1. The van der Waals surface area contributed by atoms with E-state index in [1.54, 1.807) is 14.2 Å². The third kappa shape index (κ3) is 3.37. The van der Waals surface area contributed by atoms with Gasteiger partial charge in [-0.2, -0.15) is 0 Å². The van der Waals surface area contributed by atoms with Crippen molar-refractivity contribution in [3.05, 3.63) is 23.8 Å². The fraction of sp³-hybridized carbons (Fsp3) is 0.600. The summed E-state index contributed by atoms with van der Waals surface area (Å²) in [6.45, 7) is 0. The van der Waals surface area contributed by atoms with E-state index in [1.165, 1.54) is 0 Å². The second kappa shape index (κ2) is 7.56. The topological polar surface area (TPSA) is 84.9 Å². The summed E-state index contributed by atoms with van der Waals surface area (Å²) >= 11 is 0. The minimum absolute atomic E-state index is 0.0123. The Balaban J connectivity index is 1.82. The Kier molecular flexibility index (Phi) is 5.39. The quantitative estimate of drug-likeness (QED) is 0.814. The molecule has 0 radical (unpaired) electrons. The van der Waals surface area contributed by atoms with Crippen molar-refractivity contribution < 1.29 is 24.2 Å². The summed E-state index contributed by atoms with van der Waals surface area (Å²) in [5.74, 6) is 0.164. The van der Waals surface area contributed by atoms with Crippen LogP contribution in [0.15, 0.2) is 18.2 Å². The van der Waals surface area contributed by atoms with Crippen LogP contribution < -0.4 is 14.8 Å². The first-order chi connectivity index (χ1) is 12.5. The van der Waals surface area contributed by atoms with Crippen molar-refractivity contribution in [2.75, 3.05) is 14.2 Å². The van der Waals surface area contributed by atoms with Gasteiger partial charge in [0.05, 0.1) is 25.6 Å². The van der Waals surface area contributed by atoms with E-state index in [4.69, 9.17) is 9.47 Å². The lowest BCUT2D eigenvalue weighted by Gasteiger charge is -2.30. The first-order valence-corrected chi connectivity index (χ1v) is 9.26. The molecule has 6 nitrogen and oxygen atoms in total. The van der Waals surface area contributed by atoms with Gasteiger partial charge >= 0.3 is 5.97 Å². The zero-order valence-electron chi connectivity index (χ0n) is 15.4. The summed E-state index contributed by atoms with van der Waals surface area (Å²) in [5, 5.41) is 12.3. The number of carboxylic acid groups (broad SMARTS) is 1. The Bertz CT molecular complexity index is 681. The summed E-state index contributed by atoms with van der Waals surface area (Å²) < 4.78 is 10.7. The SMILES string of the molecule is COc1ccc(C2(C(=O)N[C@@H]3CC[C@H](C(=O)O)C3)CCCC2)cc1OC. The number of nitrogens with one attached hydrogen (secondary N) is 1. The lowest BCUT2D eigenvalue weighted by Crippen LogP contribution is -2.46. The zero-order chi connectivity index (χ0) is 18.7. The molecule has 3 rings (SSSR count). The maximum Gasteiger partial charge on any atom is 0.306 e. The molecule has 0 unspecified atom stereocenters. The number of carboxylic acids is 1. The first-order valence-electron chi connectivity index (χ1n) is 9.26. The van der Waals surface area contributed by atoms with Crippen molar-refractivity contribution in [2.45, 2.75) is 56.4 Å². The Morgan fingerprint density at radius 1 is 1.12 bits per heavy atom. The van der Waals surface area contributed by atoms with Crippen LogP contribution in [-0.4, -0.2) is 37.2 Å². The largest absolute Gasteiger partial charge is 0.493 e. The van der Waals surface area contributed by atoms with Crippen molar-refractivity contribution in [3.63, 3.8) is 0 Å². The molecule has 142 valence electrons. The molecule has 2 aliphatic rings. The lowest BCUT2D eigenvalue weighted by atomic mass is 9.77. The molecule has 1 aromatic carbocycles. The van der Waals surface area contributed by atoms with Crippen molar-refractivity contribution in [2.24, 2.45) is 5.92 Å². The van der Waals surface area contributed by atoms with Crippen LogP contribution in [0.5, 0.6) is 11.5 Å². The summed E-state index contributed by atoms with van der Waals surface area (Å²) in [4.78, 5) is 24.4. The number of hydrogen-bond donors (Lipinski definition) is 2. The Labute approximate surface area is 153 Å². The minimum Gasteiger partial charge on any atom is -0.493 e. The molecule has 0 aromatic heterocycles. The van der Waals surface area contributed by atoms with E-state index in [2.05, 4.69) is 5.32 Å². The monoisotopic (exact) mass is 361 g/mol. The standard InChI is InChI=1S/C20H27NO5/c1-25-16-8-6-14(12-17(16)26-2)20(9-3-4-10-20)19(24)21-15-7-5-13(11-15)18(22)23/h6,8,12-13,15H,3-5,7,9-11H2,1-2H3,(H,21,24)(H,22,23)/t13-,15+/m0/s1. The summed E-state index contributed by atoms with van der Waals surface area (Å²) in [6.07, 6.45) is 5.47. The highest BCUT2D eigenvalue weighted by molar-refractivity contribution is 5.89. The van der Waals surface area contributed by atoms with E-state index in [0.29, 0.717) is 24.3 Å². The van der Waals surface area contributed by atoms with Crippen LogP contribution in [0.4, 0.5) is 0 Å². The maximum atomic E-state index is 13.2. The first kappa shape index (κ1) is 18.5. The molecule has 0 aliphatic heterocycles. The van der Waals surface area contributed by atoms with E-state index >= 15 is 0 Å². The molecule has 6 heteroatoms. The average molecular weight is 361 g/mol. The van der Waals surface area contributed by atoms with Crippen LogP contribution in [0.2, 0.25) is 0 Å². The highest BCUT2D eigenvalue weighted by atomic mass is 16.5. The van der Waals surface area contributed by atoms with Crippen LogP contribution in [0.1, 0.15) is 50.5 Å². The second-order valence-electron chi connectivity index (χ2n) is 7.38. The van der Waals surface area contributed by atoms with E-state index in [1.807, 2.05) is 18.2 Å². The van der Waals surface area contributed by atoms with Gasteiger partial charge in [0.1, 0.15) is 0 Å². The summed E-state index contributed by atoms with van der Waals surface area (Å²) in [6, 6.07) is 5.64. The third-order valence-electron chi connectivity index (χ3n) is 5.94. The molecule has 0 heterocycles. The number of carbonyl (C=O) groups is 2. The highest BCUT2D eigenvalue weighted by Gasteiger charge is 2.44. The van der Waals surface area contributed by atoms with Crippen molar-refractivity contribution in [1.82, 2.24) is 5.32 Å². The van der Waals surface area contributed by atoms with E-state index in [-0.39, 0.29) is 17.9 Å². The van der Waals surface area contributed by atoms with Crippen LogP contribution in [0.3, 0.4) is 0 Å². The van der Waals surface area contributed by atoms with Gasteiger partial charge in [-0.1, -0.05) is 18.9 Å².